The third-order valence-corrected chi connectivity index (χ3v) is 2.78. The van der Waals surface area contributed by atoms with Crippen molar-refractivity contribution in [2.24, 2.45) is 5.16 Å². The lowest BCUT2D eigenvalue weighted by molar-refractivity contribution is 0.322. The fourth-order valence-corrected chi connectivity index (χ4v) is 1.91. The number of rotatable bonds is 2. The summed E-state index contributed by atoms with van der Waals surface area (Å²) in [6.45, 7) is 5.90. The molecule has 0 aliphatic rings. The highest BCUT2D eigenvalue weighted by Crippen LogP contribution is 2.17. The van der Waals surface area contributed by atoms with E-state index in [0.717, 1.165) is 22.6 Å². The summed E-state index contributed by atoms with van der Waals surface area (Å²) < 4.78 is 1.86. The molecular formula is C13H15N3O. The van der Waals surface area contributed by atoms with Gasteiger partial charge in [-0.25, -0.2) is 4.68 Å². The first-order chi connectivity index (χ1) is 8.13. The minimum absolute atomic E-state index is 0.849. The molecule has 0 saturated carbocycles. The number of hydrogen-bond acceptors (Lipinski definition) is 3. The second-order valence-corrected chi connectivity index (χ2v) is 4.08. The Hall–Kier alpha value is -2.10. The number of oxime groups is 1. The van der Waals surface area contributed by atoms with Gasteiger partial charge in [0.25, 0.3) is 0 Å². The van der Waals surface area contributed by atoms with E-state index in [-0.39, 0.29) is 0 Å². The Morgan fingerprint density at radius 2 is 2.06 bits per heavy atom. The van der Waals surface area contributed by atoms with Crippen LogP contribution in [0.2, 0.25) is 0 Å². The average molecular weight is 229 g/mol. The van der Waals surface area contributed by atoms with Crippen LogP contribution in [-0.4, -0.2) is 21.2 Å². The highest BCUT2D eigenvalue weighted by atomic mass is 16.4. The molecule has 2 aromatic rings. The molecule has 1 aromatic heterocycles. The Balaban J connectivity index is 2.57. The summed E-state index contributed by atoms with van der Waals surface area (Å²) in [5.41, 5.74) is 4.87. The highest BCUT2D eigenvalue weighted by Gasteiger charge is 2.11. The van der Waals surface area contributed by atoms with Crippen LogP contribution in [0.15, 0.2) is 29.4 Å². The number of aromatic nitrogens is 2. The van der Waals surface area contributed by atoms with Gasteiger partial charge in [-0.1, -0.05) is 17.3 Å². The van der Waals surface area contributed by atoms with Gasteiger partial charge in [0.2, 0.25) is 0 Å². The molecule has 0 aliphatic carbocycles. The largest absolute Gasteiger partial charge is 0.411 e. The lowest BCUT2D eigenvalue weighted by Crippen LogP contribution is -1.99. The third-order valence-electron chi connectivity index (χ3n) is 2.78. The minimum Gasteiger partial charge on any atom is -0.411 e. The molecule has 0 amide bonds. The van der Waals surface area contributed by atoms with Gasteiger partial charge >= 0.3 is 0 Å². The molecule has 1 heterocycles. The zero-order chi connectivity index (χ0) is 12.4. The van der Waals surface area contributed by atoms with Crippen molar-refractivity contribution in [1.82, 2.24) is 9.78 Å². The van der Waals surface area contributed by atoms with Crippen molar-refractivity contribution in [3.63, 3.8) is 0 Å². The molecule has 1 aromatic carbocycles. The van der Waals surface area contributed by atoms with Gasteiger partial charge in [0.15, 0.2) is 0 Å². The van der Waals surface area contributed by atoms with Crippen LogP contribution in [0.4, 0.5) is 0 Å². The van der Waals surface area contributed by atoms with Crippen molar-refractivity contribution >= 4 is 6.21 Å². The lowest BCUT2D eigenvalue weighted by atomic mass is 10.2. The van der Waals surface area contributed by atoms with E-state index in [1.54, 1.807) is 0 Å². The van der Waals surface area contributed by atoms with Gasteiger partial charge < -0.3 is 5.21 Å². The molecule has 0 bridgehead atoms. The molecule has 4 heteroatoms. The zero-order valence-corrected chi connectivity index (χ0v) is 10.2. The fourth-order valence-electron chi connectivity index (χ4n) is 1.91. The Morgan fingerprint density at radius 1 is 1.29 bits per heavy atom. The van der Waals surface area contributed by atoms with Crippen molar-refractivity contribution in [3.8, 4) is 5.69 Å². The summed E-state index contributed by atoms with van der Waals surface area (Å²) in [6, 6.07) is 8.12. The van der Waals surface area contributed by atoms with Crippen LogP contribution < -0.4 is 0 Å². The Kier molecular flexibility index (Phi) is 2.95. The fraction of sp³-hybridized carbons (Fsp3) is 0.231. The standard InChI is InChI=1S/C13H15N3O/c1-9-5-4-6-12(7-9)16-11(3)13(8-14-17)10(2)15-16/h4-8,17H,1-3H3/b14-8+. The van der Waals surface area contributed by atoms with Crippen LogP contribution >= 0.6 is 0 Å². The first kappa shape index (κ1) is 11.4. The minimum atomic E-state index is 0.849. The molecule has 1 N–H and O–H groups in total. The molecular weight excluding hydrogens is 214 g/mol. The van der Waals surface area contributed by atoms with E-state index in [9.17, 15) is 0 Å². The van der Waals surface area contributed by atoms with E-state index in [1.807, 2.05) is 43.7 Å². The van der Waals surface area contributed by atoms with E-state index >= 15 is 0 Å². The quantitative estimate of drug-likeness (QED) is 0.489. The molecule has 2 rings (SSSR count). The van der Waals surface area contributed by atoms with Crippen molar-refractivity contribution in [1.29, 1.82) is 0 Å². The second-order valence-electron chi connectivity index (χ2n) is 4.08. The predicted molar refractivity (Wildman–Crippen MR) is 67.2 cm³/mol. The van der Waals surface area contributed by atoms with Crippen LogP contribution in [0, 0.1) is 20.8 Å². The lowest BCUT2D eigenvalue weighted by Gasteiger charge is -2.05. The predicted octanol–water partition coefficient (Wildman–Crippen LogP) is 2.61. The Bertz CT molecular complexity index is 570. The summed E-state index contributed by atoms with van der Waals surface area (Å²) in [4.78, 5) is 0. The van der Waals surface area contributed by atoms with Gasteiger partial charge in [0.1, 0.15) is 0 Å². The maximum Gasteiger partial charge on any atom is 0.0771 e. The van der Waals surface area contributed by atoms with Gasteiger partial charge in [-0.15, -0.1) is 0 Å². The molecule has 0 fully saturated rings. The molecule has 4 nitrogen and oxygen atoms in total. The summed E-state index contributed by atoms with van der Waals surface area (Å²) in [7, 11) is 0. The summed E-state index contributed by atoms with van der Waals surface area (Å²) in [5, 5.41) is 16.2. The molecule has 0 aliphatic heterocycles. The smallest absolute Gasteiger partial charge is 0.0771 e. The van der Waals surface area contributed by atoms with E-state index in [0.29, 0.717) is 0 Å². The Morgan fingerprint density at radius 3 is 2.71 bits per heavy atom. The van der Waals surface area contributed by atoms with E-state index < -0.39 is 0 Å². The summed E-state index contributed by atoms with van der Waals surface area (Å²) in [6.07, 6.45) is 1.42. The van der Waals surface area contributed by atoms with Crippen molar-refractivity contribution in [2.75, 3.05) is 0 Å². The Labute approximate surface area is 100 Å². The van der Waals surface area contributed by atoms with E-state index in [1.165, 1.54) is 11.8 Å². The van der Waals surface area contributed by atoms with Crippen LogP contribution in [0.5, 0.6) is 0 Å². The molecule has 0 atom stereocenters. The topological polar surface area (TPSA) is 50.4 Å². The van der Waals surface area contributed by atoms with E-state index in [4.69, 9.17) is 5.21 Å². The first-order valence-electron chi connectivity index (χ1n) is 5.44. The third kappa shape index (κ3) is 2.06. The number of benzene rings is 1. The van der Waals surface area contributed by atoms with Crippen LogP contribution in [0.25, 0.3) is 5.69 Å². The van der Waals surface area contributed by atoms with Gasteiger partial charge in [-0.3, -0.25) is 0 Å². The summed E-state index contributed by atoms with van der Waals surface area (Å²) in [5.74, 6) is 0. The zero-order valence-electron chi connectivity index (χ0n) is 10.2. The van der Waals surface area contributed by atoms with Gasteiger partial charge in [0.05, 0.1) is 23.3 Å². The van der Waals surface area contributed by atoms with Gasteiger partial charge in [0, 0.05) is 5.56 Å². The normalized spacial score (nSPS) is 11.2. The maximum absolute atomic E-state index is 8.62. The monoisotopic (exact) mass is 229 g/mol. The summed E-state index contributed by atoms with van der Waals surface area (Å²) >= 11 is 0. The molecule has 17 heavy (non-hydrogen) atoms. The molecule has 88 valence electrons. The van der Waals surface area contributed by atoms with Crippen molar-refractivity contribution in [2.45, 2.75) is 20.8 Å². The van der Waals surface area contributed by atoms with Crippen LogP contribution in [0.3, 0.4) is 0 Å². The van der Waals surface area contributed by atoms with Crippen LogP contribution in [-0.2, 0) is 0 Å². The molecule has 0 radical (unpaired) electrons. The number of aryl methyl sites for hydroxylation is 2. The van der Waals surface area contributed by atoms with Crippen molar-refractivity contribution in [3.05, 3.63) is 46.8 Å². The molecule has 0 saturated heterocycles. The SMILES string of the molecule is Cc1cccc(-n2nc(C)c(/C=N/O)c2C)c1. The maximum atomic E-state index is 8.62. The van der Waals surface area contributed by atoms with Crippen LogP contribution in [0.1, 0.15) is 22.5 Å². The first-order valence-corrected chi connectivity index (χ1v) is 5.44. The molecule has 0 unspecified atom stereocenters. The average Bonchev–Trinajstić information content (AvgIpc) is 2.57. The second kappa shape index (κ2) is 4.41. The van der Waals surface area contributed by atoms with Gasteiger partial charge in [-0.2, -0.15) is 5.10 Å². The molecule has 0 spiro atoms. The van der Waals surface area contributed by atoms with Gasteiger partial charge in [-0.05, 0) is 38.5 Å². The number of nitrogens with zero attached hydrogens (tertiary/aromatic N) is 3. The highest BCUT2D eigenvalue weighted by molar-refractivity contribution is 5.82. The van der Waals surface area contributed by atoms with E-state index in [2.05, 4.69) is 16.3 Å². The van der Waals surface area contributed by atoms with Crippen molar-refractivity contribution < 1.29 is 5.21 Å². The number of hydrogen-bond donors (Lipinski definition) is 1.